The average Bonchev–Trinajstić information content (AvgIpc) is 2.58. The molecule has 0 aliphatic rings. The van der Waals surface area contributed by atoms with Crippen LogP contribution in [0.2, 0.25) is 0 Å². The molecule has 4 heteroatoms. The first-order chi connectivity index (χ1) is 5.47. The molecule has 1 aromatic heterocycles. The summed E-state index contributed by atoms with van der Waals surface area (Å²) in [6.07, 6.45) is 2.29. The van der Waals surface area contributed by atoms with Crippen molar-refractivity contribution in [3.05, 3.63) is 36.7 Å². The number of nitrogens with zero attached hydrogens (tertiary/aromatic N) is 2. The monoisotopic (exact) mass is 329 g/mol. The fourth-order valence-corrected chi connectivity index (χ4v) is 0.852. The van der Waals surface area contributed by atoms with Crippen molar-refractivity contribution in [3.63, 3.8) is 0 Å². The predicted molar refractivity (Wildman–Crippen MR) is 38.6 cm³/mol. The molecular weight excluding hydrogens is 324 g/mol. The second kappa shape index (κ2) is 4.17. The number of aromatic nitrogens is 2. The Balaban J connectivity index is 0.000000720. The summed E-state index contributed by atoms with van der Waals surface area (Å²) in [5.74, 6) is 0.575. The molecule has 2 rings (SSSR count). The van der Waals surface area contributed by atoms with Crippen molar-refractivity contribution in [3.8, 4) is 11.4 Å². The van der Waals surface area contributed by atoms with Crippen molar-refractivity contribution in [2.75, 3.05) is 0 Å². The summed E-state index contributed by atoms with van der Waals surface area (Å²) >= 11 is 0. The molecule has 1 aromatic carbocycles. The minimum atomic E-state index is 0. The van der Waals surface area contributed by atoms with Gasteiger partial charge in [-0.2, -0.15) is 5.16 Å². The fraction of sp³-hybridized carbons (Fsp3) is 0. The summed E-state index contributed by atoms with van der Waals surface area (Å²) in [5, 5.41) is 3.64. The summed E-state index contributed by atoms with van der Waals surface area (Å²) in [6, 6.07) is 9.61. The van der Waals surface area contributed by atoms with Crippen LogP contribution in [0, 0.1) is 6.39 Å². The van der Waals surface area contributed by atoms with Crippen LogP contribution < -0.4 is 0 Å². The number of benzene rings is 1. The van der Waals surface area contributed by atoms with Crippen LogP contribution in [0.4, 0.5) is 0 Å². The Hall–Kier alpha value is -0.952. The molecule has 0 aliphatic carbocycles. The second-order valence-corrected chi connectivity index (χ2v) is 2.08. The van der Waals surface area contributed by atoms with Gasteiger partial charge in [-0.3, -0.25) is 0 Å². The van der Waals surface area contributed by atoms with Crippen molar-refractivity contribution in [2.45, 2.75) is 0 Å². The number of rotatable bonds is 1. The van der Waals surface area contributed by atoms with Gasteiger partial charge in [-0.05, 0) is 0 Å². The van der Waals surface area contributed by atoms with E-state index in [1.165, 1.54) is 0 Å². The summed E-state index contributed by atoms with van der Waals surface area (Å²) in [4.78, 5) is 3.78. The standard InChI is InChI=1S/C8H5N2O.W/c1-2-4-7(5-3-1)8-9-6-11-10-8;/h1-5H;/q-1;. The number of hydrogen-bond acceptors (Lipinski definition) is 3. The van der Waals surface area contributed by atoms with Crippen molar-refractivity contribution in [1.82, 2.24) is 10.1 Å². The first-order valence-corrected chi connectivity index (χ1v) is 3.22. The third-order valence-corrected chi connectivity index (χ3v) is 1.36. The first kappa shape index (κ1) is 9.14. The van der Waals surface area contributed by atoms with Gasteiger partial charge in [0.2, 0.25) is 0 Å². The first-order valence-electron chi connectivity index (χ1n) is 3.22. The molecule has 0 saturated heterocycles. The van der Waals surface area contributed by atoms with E-state index >= 15 is 0 Å². The fourth-order valence-electron chi connectivity index (χ4n) is 0.852. The predicted octanol–water partition coefficient (Wildman–Crippen LogP) is 1.53. The largest absolute Gasteiger partial charge is 0.458 e. The van der Waals surface area contributed by atoms with Crippen LogP contribution >= 0.6 is 0 Å². The molecular formula is C8H5N2OW-. The van der Waals surface area contributed by atoms with Gasteiger partial charge in [-0.1, -0.05) is 35.9 Å². The molecule has 0 amide bonds. The summed E-state index contributed by atoms with van der Waals surface area (Å²) in [5.41, 5.74) is 0.942. The molecule has 0 spiro atoms. The molecule has 1 heterocycles. The van der Waals surface area contributed by atoms with E-state index in [0.717, 1.165) is 5.56 Å². The van der Waals surface area contributed by atoms with Gasteiger partial charge in [-0.15, -0.1) is 0 Å². The maximum absolute atomic E-state index is 4.48. The van der Waals surface area contributed by atoms with Gasteiger partial charge in [0.1, 0.15) is 0 Å². The van der Waals surface area contributed by atoms with E-state index in [1.54, 1.807) is 0 Å². The summed E-state index contributed by atoms with van der Waals surface area (Å²) in [7, 11) is 0. The Kier molecular flexibility index (Phi) is 3.17. The Morgan fingerprint density at radius 1 is 1.17 bits per heavy atom. The minimum Gasteiger partial charge on any atom is -0.458 e. The van der Waals surface area contributed by atoms with E-state index in [9.17, 15) is 0 Å². The molecule has 0 N–H and O–H groups in total. The van der Waals surface area contributed by atoms with Crippen LogP contribution in [0.15, 0.2) is 34.9 Å². The zero-order valence-electron chi connectivity index (χ0n) is 6.10. The maximum atomic E-state index is 4.48. The molecule has 0 saturated carbocycles. The minimum absolute atomic E-state index is 0. The van der Waals surface area contributed by atoms with Gasteiger partial charge in [0.25, 0.3) is 0 Å². The van der Waals surface area contributed by atoms with E-state index in [2.05, 4.69) is 21.1 Å². The third-order valence-electron chi connectivity index (χ3n) is 1.36. The smallest absolute Gasteiger partial charge is 0.0690 e. The van der Waals surface area contributed by atoms with Crippen LogP contribution in [-0.2, 0) is 21.1 Å². The molecule has 0 bridgehead atoms. The molecule has 12 heavy (non-hydrogen) atoms. The van der Waals surface area contributed by atoms with Gasteiger partial charge >= 0.3 is 0 Å². The molecule has 3 nitrogen and oxygen atoms in total. The van der Waals surface area contributed by atoms with Gasteiger partial charge in [0, 0.05) is 26.9 Å². The number of hydrogen-bond donors (Lipinski definition) is 0. The van der Waals surface area contributed by atoms with Crippen molar-refractivity contribution >= 4 is 0 Å². The van der Waals surface area contributed by atoms with E-state index in [4.69, 9.17) is 0 Å². The summed E-state index contributed by atoms with van der Waals surface area (Å²) < 4.78 is 4.48. The Morgan fingerprint density at radius 3 is 2.50 bits per heavy atom. The zero-order chi connectivity index (χ0) is 7.52. The molecule has 60 valence electrons. The van der Waals surface area contributed by atoms with E-state index in [1.807, 2.05) is 30.3 Å². The Morgan fingerprint density at radius 2 is 1.92 bits per heavy atom. The van der Waals surface area contributed by atoms with E-state index in [-0.39, 0.29) is 21.1 Å². The third kappa shape index (κ3) is 1.80. The van der Waals surface area contributed by atoms with Crippen LogP contribution in [0.1, 0.15) is 0 Å². The van der Waals surface area contributed by atoms with Crippen LogP contribution in [-0.4, -0.2) is 10.1 Å². The van der Waals surface area contributed by atoms with Crippen LogP contribution in [0.25, 0.3) is 11.4 Å². The Bertz CT molecular complexity index is 320. The summed E-state index contributed by atoms with van der Waals surface area (Å²) in [6.45, 7) is 0. The Labute approximate surface area is 84.1 Å². The topological polar surface area (TPSA) is 38.9 Å². The quantitative estimate of drug-likeness (QED) is 0.745. The van der Waals surface area contributed by atoms with Crippen LogP contribution in [0.3, 0.4) is 0 Å². The molecule has 0 unspecified atom stereocenters. The molecule has 0 radical (unpaired) electrons. The van der Waals surface area contributed by atoms with Crippen molar-refractivity contribution in [1.29, 1.82) is 0 Å². The van der Waals surface area contributed by atoms with E-state index < -0.39 is 0 Å². The van der Waals surface area contributed by atoms with E-state index in [0.29, 0.717) is 5.82 Å². The van der Waals surface area contributed by atoms with Crippen LogP contribution in [0.5, 0.6) is 0 Å². The van der Waals surface area contributed by atoms with Crippen molar-refractivity contribution < 1.29 is 25.6 Å². The zero-order valence-corrected chi connectivity index (χ0v) is 9.03. The second-order valence-electron chi connectivity index (χ2n) is 2.08. The van der Waals surface area contributed by atoms with Gasteiger partial charge in [-0.25, -0.2) is 0 Å². The molecule has 2 aromatic rings. The normalized spacial score (nSPS) is 9.00. The van der Waals surface area contributed by atoms with Gasteiger partial charge < -0.3 is 9.51 Å². The van der Waals surface area contributed by atoms with Crippen molar-refractivity contribution in [2.24, 2.45) is 0 Å². The maximum Gasteiger partial charge on any atom is 0.0690 e. The van der Waals surface area contributed by atoms with Gasteiger partial charge in [0.05, 0.1) is 6.39 Å². The molecule has 0 atom stereocenters. The molecule has 0 fully saturated rings. The average molecular weight is 329 g/mol. The van der Waals surface area contributed by atoms with Gasteiger partial charge in [0.15, 0.2) is 0 Å². The SMILES string of the molecule is [W].[c-]1nc(-c2ccccc2)no1. The molecule has 0 aliphatic heterocycles.